The Labute approximate surface area is 146 Å². The number of aliphatic hydroxyl groups excluding tert-OH is 1. The van der Waals surface area contributed by atoms with Gasteiger partial charge in [-0.2, -0.15) is 0 Å². The van der Waals surface area contributed by atoms with E-state index in [4.69, 9.17) is 23.2 Å². The summed E-state index contributed by atoms with van der Waals surface area (Å²) in [7, 11) is 0. The van der Waals surface area contributed by atoms with E-state index < -0.39 is 12.0 Å². The number of H-pyrrole nitrogens is 1. The largest absolute Gasteiger partial charge is 0.378 e. The van der Waals surface area contributed by atoms with E-state index in [2.05, 4.69) is 15.3 Å². The van der Waals surface area contributed by atoms with Crippen molar-refractivity contribution in [2.45, 2.75) is 6.10 Å². The number of aliphatic hydroxyl groups is 1. The summed E-state index contributed by atoms with van der Waals surface area (Å²) in [5, 5.41) is 13.6. The highest BCUT2D eigenvalue weighted by molar-refractivity contribution is 6.34. The van der Waals surface area contributed by atoms with E-state index >= 15 is 0 Å². The Kier molecular flexibility index (Phi) is 4.53. The number of carbonyl (C=O) groups is 1. The van der Waals surface area contributed by atoms with Gasteiger partial charge < -0.3 is 15.4 Å². The molecule has 0 saturated heterocycles. The van der Waals surface area contributed by atoms with Crippen molar-refractivity contribution in [2.24, 2.45) is 0 Å². The fourth-order valence-corrected chi connectivity index (χ4v) is 2.52. The van der Waals surface area contributed by atoms with Gasteiger partial charge in [-0.05, 0) is 29.8 Å². The molecule has 122 valence electrons. The predicted molar refractivity (Wildman–Crippen MR) is 92.4 cm³/mol. The molecule has 1 atom stereocenters. The zero-order chi connectivity index (χ0) is 17.3. The average Bonchev–Trinajstić information content (AvgIpc) is 2.56. The highest BCUT2D eigenvalue weighted by Crippen LogP contribution is 2.27. The van der Waals surface area contributed by atoms with Crippen molar-refractivity contribution in [1.82, 2.24) is 9.97 Å². The minimum Gasteiger partial charge on any atom is -0.378 e. The van der Waals surface area contributed by atoms with Gasteiger partial charge in [0, 0.05) is 5.02 Å². The van der Waals surface area contributed by atoms with Crippen LogP contribution >= 0.6 is 23.2 Å². The molecular formula is C16H11Cl2N3O3. The van der Waals surface area contributed by atoms with Crippen molar-refractivity contribution in [3.05, 3.63) is 68.7 Å². The number of benzene rings is 2. The van der Waals surface area contributed by atoms with Crippen LogP contribution in [0.4, 0.5) is 5.69 Å². The van der Waals surface area contributed by atoms with E-state index in [1.165, 1.54) is 18.5 Å². The van der Waals surface area contributed by atoms with Crippen LogP contribution in [0.15, 0.2) is 47.5 Å². The van der Waals surface area contributed by atoms with Gasteiger partial charge in [-0.25, -0.2) is 4.98 Å². The molecule has 0 aliphatic carbocycles. The van der Waals surface area contributed by atoms with E-state index in [0.29, 0.717) is 21.5 Å². The lowest BCUT2D eigenvalue weighted by molar-refractivity contribution is -0.124. The third kappa shape index (κ3) is 3.26. The lowest BCUT2D eigenvalue weighted by Gasteiger charge is -2.13. The second-order valence-electron chi connectivity index (χ2n) is 5.02. The van der Waals surface area contributed by atoms with Crippen LogP contribution in [0.3, 0.4) is 0 Å². The molecule has 3 N–H and O–H groups in total. The van der Waals surface area contributed by atoms with Crippen LogP contribution in [-0.4, -0.2) is 21.0 Å². The molecule has 24 heavy (non-hydrogen) atoms. The Morgan fingerprint density at radius 1 is 1.21 bits per heavy atom. The van der Waals surface area contributed by atoms with Gasteiger partial charge in [0.2, 0.25) is 0 Å². The first-order valence-corrected chi connectivity index (χ1v) is 7.62. The molecule has 0 radical (unpaired) electrons. The summed E-state index contributed by atoms with van der Waals surface area (Å²) in [6.07, 6.45) is -0.131. The van der Waals surface area contributed by atoms with Crippen LogP contribution in [0, 0.1) is 0 Å². The molecular weight excluding hydrogens is 353 g/mol. The Morgan fingerprint density at radius 3 is 2.62 bits per heavy atom. The molecule has 1 aromatic heterocycles. The second kappa shape index (κ2) is 6.60. The van der Waals surface area contributed by atoms with Crippen LogP contribution in [0.5, 0.6) is 0 Å². The molecule has 0 aliphatic heterocycles. The van der Waals surface area contributed by atoms with Gasteiger partial charge in [0.1, 0.15) is 0 Å². The van der Waals surface area contributed by atoms with E-state index in [9.17, 15) is 14.7 Å². The monoisotopic (exact) mass is 363 g/mol. The van der Waals surface area contributed by atoms with Crippen molar-refractivity contribution < 1.29 is 9.90 Å². The topological polar surface area (TPSA) is 95.1 Å². The number of rotatable bonds is 3. The molecule has 3 rings (SSSR count). The molecule has 6 nitrogen and oxygen atoms in total. The zero-order valence-corrected chi connectivity index (χ0v) is 13.6. The van der Waals surface area contributed by atoms with Crippen molar-refractivity contribution in [2.75, 3.05) is 5.32 Å². The molecule has 0 fully saturated rings. The maximum absolute atomic E-state index is 12.2. The number of carbonyl (C=O) groups excluding carboxylic acids is 1. The highest BCUT2D eigenvalue weighted by atomic mass is 35.5. The Bertz CT molecular complexity index is 970. The lowest BCUT2D eigenvalue weighted by Crippen LogP contribution is -2.21. The van der Waals surface area contributed by atoms with Gasteiger partial charge in [0.15, 0.2) is 6.10 Å². The lowest BCUT2D eigenvalue weighted by atomic mass is 10.1. The van der Waals surface area contributed by atoms with Gasteiger partial charge in [-0.3, -0.25) is 9.59 Å². The van der Waals surface area contributed by atoms with Crippen molar-refractivity contribution >= 4 is 45.7 Å². The number of hydrogen-bond donors (Lipinski definition) is 3. The van der Waals surface area contributed by atoms with Crippen LogP contribution in [0.2, 0.25) is 10.0 Å². The molecule has 0 bridgehead atoms. The summed E-state index contributed by atoms with van der Waals surface area (Å²) in [4.78, 5) is 30.4. The summed E-state index contributed by atoms with van der Waals surface area (Å²) < 4.78 is 0. The van der Waals surface area contributed by atoms with Gasteiger partial charge in [-0.15, -0.1) is 0 Å². The maximum Gasteiger partial charge on any atom is 0.258 e. The van der Waals surface area contributed by atoms with Gasteiger partial charge in [0.05, 0.1) is 27.9 Å². The number of aromatic nitrogens is 2. The van der Waals surface area contributed by atoms with Crippen LogP contribution in [-0.2, 0) is 4.79 Å². The number of hydrogen-bond acceptors (Lipinski definition) is 4. The van der Waals surface area contributed by atoms with E-state index in [1.807, 2.05) is 0 Å². The summed E-state index contributed by atoms with van der Waals surface area (Å²) in [5.41, 5.74) is 0.684. The standard InChI is InChI=1S/C16H11Cl2N3O3/c17-9-3-1-8(2-4-9)14(22)16(24)21-13-6-12-10(5-11(13)18)15(23)20-7-19-12/h1-7,14,22H,(H,21,24)(H,19,20,23). The highest BCUT2D eigenvalue weighted by Gasteiger charge is 2.19. The fourth-order valence-electron chi connectivity index (χ4n) is 2.18. The summed E-state index contributed by atoms with van der Waals surface area (Å²) in [5.74, 6) is -0.664. The summed E-state index contributed by atoms with van der Waals surface area (Å²) in [6.45, 7) is 0. The van der Waals surface area contributed by atoms with Crippen LogP contribution in [0.25, 0.3) is 10.9 Å². The van der Waals surface area contributed by atoms with Gasteiger partial charge in [-0.1, -0.05) is 35.3 Å². The van der Waals surface area contributed by atoms with Gasteiger partial charge >= 0.3 is 0 Å². The molecule has 0 spiro atoms. The minimum atomic E-state index is -1.39. The predicted octanol–water partition coefficient (Wildman–Crippen LogP) is 2.90. The number of nitrogens with zero attached hydrogens (tertiary/aromatic N) is 1. The quantitative estimate of drug-likeness (QED) is 0.666. The van der Waals surface area contributed by atoms with E-state index in [1.54, 1.807) is 24.3 Å². The molecule has 3 aromatic rings. The Morgan fingerprint density at radius 2 is 1.92 bits per heavy atom. The normalized spacial score (nSPS) is 12.1. The van der Waals surface area contributed by atoms with Crippen LogP contribution < -0.4 is 10.9 Å². The SMILES string of the molecule is O=C(Nc1cc2nc[nH]c(=O)c2cc1Cl)C(O)c1ccc(Cl)cc1. The third-order valence-electron chi connectivity index (χ3n) is 3.42. The van der Waals surface area contributed by atoms with E-state index in [0.717, 1.165) is 0 Å². The molecule has 0 saturated carbocycles. The second-order valence-corrected chi connectivity index (χ2v) is 5.87. The Balaban J connectivity index is 1.88. The smallest absolute Gasteiger partial charge is 0.258 e. The number of nitrogens with one attached hydrogen (secondary N) is 2. The molecule has 0 aliphatic rings. The molecule has 1 unspecified atom stereocenters. The first-order valence-electron chi connectivity index (χ1n) is 6.87. The number of anilines is 1. The number of fused-ring (bicyclic) bond motifs is 1. The molecule has 1 amide bonds. The van der Waals surface area contributed by atoms with Crippen molar-refractivity contribution in [3.8, 4) is 0 Å². The number of halogens is 2. The molecule has 2 aromatic carbocycles. The van der Waals surface area contributed by atoms with E-state index in [-0.39, 0.29) is 16.3 Å². The number of amides is 1. The van der Waals surface area contributed by atoms with Gasteiger partial charge in [0.25, 0.3) is 11.5 Å². The van der Waals surface area contributed by atoms with Crippen molar-refractivity contribution in [1.29, 1.82) is 0 Å². The Hall–Kier alpha value is -2.41. The average molecular weight is 364 g/mol. The zero-order valence-electron chi connectivity index (χ0n) is 12.1. The fraction of sp³-hybridized carbons (Fsp3) is 0.0625. The summed E-state index contributed by atoms with van der Waals surface area (Å²) >= 11 is 11.9. The third-order valence-corrected chi connectivity index (χ3v) is 3.99. The minimum absolute atomic E-state index is 0.164. The molecule has 8 heteroatoms. The van der Waals surface area contributed by atoms with Crippen molar-refractivity contribution in [3.63, 3.8) is 0 Å². The maximum atomic E-state index is 12.2. The summed E-state index contributed by atoms with van der Waals surface area (Å²) in [6, 6.07) is 9.14. The first-order chi connectivity index (χ1) is 11.5. The first kappa shape index (κ1) is 16.4. The molecule has 1 heterocycles. The van der Waals surface area contributed by atoms with Crippen LogP contribution in [0.1, 0.15) is 11.7 Å². The number of aromatic amines is 1.